The Morgan fingerprint density at radius 2 is 1.73 bits per heavy atom. The Labute approximate surface area is 152 Å². The lowest BCUT2D eigenvalue weighted by Gasteiger charge is -2.15. The van der Waals surface area contributed by atoms with Crippen LogP contribution in [0.5, 0.6) is 17.2 Å². The number of amides is 1. The van der Waals surface area contributed by atoms with Crippen LogP contribution in [0.3, 0.4) is 0 Å². The third kappa shape index (κ3) is 3.40. The van der Waals surface area contributed by atoms with Gasteiger partial charge in [0, 0.05) is 6.42 Å². The molecule has 1 N–H and O–H groups in total. The maximum absolute atomic E-state index is 12.6. The number of nitrogens with one attached hydrogen (secondary N) is 1. The van der Waals surface area contributed by atoms with E-state index < -0.39 is 6.10 Å². The molecule has 1 aliphatic rings. The van der Waals surface area contributed by atoms with E-state index in [0.717, 1.165) is 22.6 Å². The highest BCUT2D eigenvalue weighted by Crippen LogP contribution is 2.32. The van der Waals surface area contributed by atoms with Gasteiger partial charge in [-0.25, -0.2) is 0 Å². The van der Waals surface area contributed by atoms with Crippen LogP contribution in [0.2, 0.25) is 0 Å². The van der Waals surface area contributed by atoms with E-state index in [4.69, 9.17) is 9.47 Å². The van der Waals surface area contributed by atoms with Gasteiger partial charge in [-0.3, -0.25) is 4.79 Å². The summed E-state index contributed by atoms with van der Waals surface area (Å²) >= 11 is 0. The zero-order valence-corrected chi connectivity index (χ0v) is 14.4. The molecular weight excluding hydrogens is 326 g/mol. The van der Waals surface area contributed by atoms with Crippen molar-refractivity contribution in [1.29, 1.82) is 0 Å². The standard InChI is InChI=1S/C22H19NO3/c1-15-10-12-17(13-11-15)25-20-9-5-3-7-18(20)23-22(24)21-14-16-6-2-4-8-19(16)26-21/h2-13,21H,14H2,1H3,(H,23,24). The second kappa shape index (κ2) is 6.92. The SMILES string of the molecule is Cc1ccc(Oc2ccccc2NC(=O)C2Cc3ccccc3O2)cc1. The largest absolute Gasteiger partial charge is 0.480 e. The van der Waals surface area contributed by atoms with Gasteiger partial charge >= 0.3 is 0 Å². The molecule has 0 bridgehead atoms. The number of carbonyl (C=O) groups excluding carboxylic acids is 1. The van der Waals surface area contributed by atoms with Gasteiger partial charge in [-0.05, 0) is 42.8 Å². The van der Waals surface area contributed by atoms with Crippen molar-refractivity contribution in [2.45, 2.75) is 19.4 Å². The Hall–Kier alpha value is -3.27. The lowest BCUT2D eigenvalue weighted by Crippen LogP contribution is -2.31. The maximum Gasteiger partial charge on any atom is 0.265 e. The van der Waals surface area contributed by atoms with Crippen molar-refractivity contribution < 1.29 is 14.3 Å². The molecule has 0 spiro atoms. The summed E-state index contributed by atoms with van der Waals surface area (Å²) in [6.45, 7) is 2.03. The first-order valence-corrected chi connectivity index (χ1v) is 8.58. The van der Waals surface area contributed by atoms with Crippen molar-refractivity contribution in [2.75, 3.05) is 5.32 Å². The normalized spacial score (nSPS) is 15.0. The lowest BCUT2D eigenvalue weighted by atomic mass is 10.1. The molecule has 0 radical (unpaired) electrons. The van der Waals surface area contributed by atoms with Crippen molar-refractivity contribution in [2.24, 2.45) is 0 Å². The van der Waals surface area contributed by atoms with E-state index in [-0.39, 0.29) is 5.91 Å². The average molecular weight is 345 g/mol. The van der Waals surface area contributed by atoms with Gasteiger partial charge in [-0.2, -0.15) is 0 Å². The first-order chi connectivity index (χ1) is 12.7. The van der Waals surface area contributed by atoms with Crippen LogP contribution in [0.4, 0.5) is 5.69 Å². The third-order valence-electron chi connectivity index (χ3n) is 4.33. The number of benzene rings is 3. The Balaban J connectivity index is 1.48. The minimum atomic E-state index is -0.528. The van der Waals surface area contributed by atoms with Crippen molar-refractivity contribution in [3.63, 3.8) is 0 Å². The molecular formula is C22H19NO3. The first kappa shape index (κ1) is 16.2. The number of ether oxygens (including phenoxy) is 2. The molecule has 1 aliphatic heterocycles. The molecule has 0 saturated carbocycles. The number of fused-ring (bicyclic) bond motifs is 1. The molecule has 4 heteroatoms. The van der Waals surface area contributed by atoms with Gasteiger partial charge in [0.2, 0.25) is 0 Å². The Kier molecular flexibility index (Phi) is 4.32. The molecule has 1 unspecified atom stereocenters. The van der Waals surface area contributed by atoms with E-state index in [1.165, 1.54) is 0 Å². The number of hydrogen-bond acceptors (Lipinski definition) is 3. The first-order valence-electron chi connectivity index (χ1n) is 8.58. The minimum absolute atomic E-state index is 0.179. The highest BCUT2D eigenvalue weighted by atomic mass is 16.5. The molecule has 3 aromatic rings. The number of carbonyl (C=O) groups is 1. The number of rotatable bonds is 4. The van der Waals surface area contributed by atoms with Crippen LogP contribution in [0.15, 0.2) is 72.8 Å². The van der Waals surface area contributed by atoms with Crippen LogP contribution in [0, 0.1) is 6.92 Å². The summed E-state index contributed by atoms with van der Waals surface area (Å²) in [5.41, 5.74) is 2.84. The number of hydrogen-bond donors (Lipinski definition) is 1. The van der Waals surface area contributed by atoms with E-state index in [1.807, 2.05) is 79.7 Å². The molecule has 0 aliphatic carbocycles. The zero-order chi connectivity index (χ0) is 17.9. The molecule has 4 nitrogen and oxygen atoms in total. The van der Waals surface area contributed by atoms with Gasteiger partial charge in [-0.15, -0.1) is 0 Å². The third-order valence-corrected chi connectivity index (χ3v) is 4.33. The van der Waals surface area contributed by atoms with E-state index in [2.05, 4.69) is 5.32 Å². The van der Waals surface area contributed by atoms with Gasteiger partial charge in [0.05, 0.1) is 5.69 Å². The molecule has 26 heavy (non-hydrogen) atoms. The topological polar surface area (TPSA) is 47.6 Å². The number of anilines is 1. The summed E-state index contributed by atoms with van der Waals surface area (Å²) in [4.78, 5) is 12.6. The average Bonchev–Trinajstić information content (AvgIpc) is 3.09. The molecule has 0 aromatic heterocycles. The van der Waals surface area contributed by atoms with Crippen LogP contribution < -0.4 is 14.8 Å². The minimum Gasteiger partial charge on any atom is -0.480 e. The van der Waals surface area contributed by atoms with Crippen LogP contribution in [0.25, 0.3) is 0 Å². The maximum atomic E-state index is 12.6. The van der Waals surface area contributed by atoms with Crippen LogP contribution in [-0.4, -0.2) is 12.0 Å². The zero-order valence-electron chi connectivity index (χ0n) is 14.4. The molecule has 3 aromatic carbocycles. The van der Waals surface area contributed by atoms with Crippen LogP contribution >= 0.6 is 0 Å². The monoisotopic (exact) mass is 345 g/mol. The summed E-state index contributed by atoms with van der Waals surface area (Å²) in [6.07, 6.45) is 0.0445. The molecule has 0 saturated heterocycles. The fourth-order valence-electron chi connectivity index (χ4n) is 2.93. The fraction of sp³-hybridized carbons (Fsp3) is 0.136. The van der Waals surface area contributed by atoms with E-state index in [1.54, 1.807) is 0 Å². The van der Waals surface area contributed by atoms with Gasteiger partial charge in [-0.1, -0.05) is 48.0 Å². The predicted molar refractivity (Wildman–Crippen MR) is 101 cm³/mol. The van der Waals surface area contributed by atoms with Gasteiger partial charge in [0.1, 0.15) is 11.5 Å². The molecule has 0 fully saturated rings. The summed E-state index contributed by atoms with van der Waals surface area (Å²) in [5, 5.41) is 2.93. The molecule has 1 atom stereocenters. The summed E-state index contributed by atoms with van der Waals surface area (Å²) in [7, 11) is 0. The van der Waals surface area contributed by atoms with Gasteiger partial charge < -0.3 is 14.8 Å². The summed E-state index contributed by atoms with van der Waals surface area (Å²) < 4.78 is 11.7. The quantitative estimate of drug-likeness (QED) is 0.744. The van der Waals surface area contributed by atoms with Crippen LogP contribution in [-0.2, 0) is 11.2 Å². The van der Waals surface area contributed by atoms with E-state index in [9.17, 15) is 4.79 Å². The predicted octanol–water partition coefficient (Wildman–Crippen LogP) is 4.73. The second-order valence-electron chi connectivity index (χ2n) is 6.32. The summed E-state index contributed by atoms with van der Waals surface area (Å²) in [6, 6.07) is 22.9. The van der Waals surface area contributed by atoms with Crippen molar-refractivity contribution in [3.05, 3.63) is 83.9 Å². The van der Waals surface area contributed by atoms with E-state index >= 15 is 0 Å². The highest BCUT2D eigenvalue weighted by molar-refractivity contribution is 5.96. The summed E-state index contributed by atoms with van der Waals surface area (Å²) in [5.74, 6) is 1.92. The molecule has 1 amide bonds. The van der Waals surface area contributed by atoms with Crippen molar-refractivity contribution >= 4 is 11.6 Å². The van der Waals surface area contributed by atoms with Gasteiger partial charge in [0.25, 0.3) is 5.91 Å². The van der Waals surface area contributed by atoms with Crippen molar-refractivity contribution in [3.8, 4) is 17.2 Å². The second-order valence-corrected chi connectivity index (χ2v) is 6.32. The smallest absolute Gasteiger partial charge is 0.265 e. The Morgan fingerprint density at radius 3 is 2.54 bits per heavy atom. The number of para-hydroxylation sites is 3. The molecule has 1 heterocycles. The Bertz CT molecular complexity index is 909. The number of aryl methyl sites for hydroxylation is 1. The lowest BCUT2D eigenvalue weighted by molar-refractivity contribution is -0.122. The van der Waals surface area contributed by atoms with Crippen LogP contribution in [0.1, 0.15) is 11.1 Å². The molecule has 4 rings (SSSR count). The van der Waals surface area contributed by atoms with Crippen molar-refractivity contribution in [1.82, 2.24) is 0 Å². The van der Waals surface area contributed by atoms with E-state index in [0.29, 0.717) is 17.9 Å². The highest BCUT2D eigenvalue weighted by Gasteiger charge is 2.29. The fourth-order valence-corrected chi connectivity index (χ4v) is 2.93. The molecule has 130 valence electrons. The Morgan fingerprint density at radius 1 is 1.00 bits per heavy atom. The van der Waals surface area contributed by atoms with Gasteiger partial charge in [0.15, 0.2) is 11.9 Å².